The van der Waals surface area contributed by atoms with Gasteiger partial charge >= 0.3 is 5.97 Å². The maximum absolute atomic E-state index is 10.7. The van der Waals surface area contributed by atoms with Crippen LogP contribution in [0.2, 0.25) is 0 Å². The lowest BCUT2D eigenvalue weighted by atomic mass is 10.1. The first-order chi connectivity index (χ1) is 6.61. The van der Waals surface area contributed by atoms with E-state index in [1.807, 2.05) is 0 Å². The molecule has 0 radical (unpaired) electrons. The summed E-state index contributed by atoms with van der Waals surface area (Å²) >= 11 is 5.09. The molecule has 0 saturated carbocycles. The Morgan fingerprint density at radius 1 is 1.27 bits per heavy atom. The van der Waals surface area contributed by atoms with Crippen LogP contribution in [-0.2, 0) is 4.79 Å². The van der Waals surface area contributed by atoms with Crippen LogP contribution < -0.4 is 0 Å². The summed E-state index contributed by atoms with van der Waals surface area (Å²) in [5, 5.41) is 8.15. The number of aromatic carboxylic acids is 1. The van der Waals surface area contributed by atoms with E-state index >= 15 is 0 Å². The zero-order valence-electron chi connectivity index (χ0n) is 7.51. The van der Waals surface area contributed by atoms with Crippen molar-refractivity contribution >= 4 is 41.3 Å². The van der Waals surface area contributed by atoms with Gasteiger partial charge in [-0.05, 0) is 35.4 Å². The summed E-state index contributed by atoms with van der Waals surface area (Å²) in [4.78, 5) is 21.1. The third-order valence-electron chi connectivity index (χ3n) is 1.59. The van der Waals surface area contributed by atoms with Gasteiger partial charge in [-0.25, -0.2) is 4.79 Å². The monoisotopic (exact) mass is 246 g/mol. The van der Waals surface area contributed by atoms with Gasteiger partial charge in [0.1, 0.15) is 0 Å². The zero-order chi connectivity index (χ0) is 10.6. The van der Waals surface area contributed by atoms with Crippen molar-refractivity contribution in [3.63, 3.8) is 0 Å². The molecule has 0 unspecified atom stereocenters. The molecular formula is C10H8Cl2O3. The lowest BCUT2D eigenvalue weighted by Crippen LogP contribution is -1.98. The maximum Gasteiger partial charge on any atom is 0.336 e. The van der Waals surface area contributed by atoms with Crippen LogP contribution in [0.25, 0.3) is 6.08 Å². The molecular weight excluding hydrogens is 239 g/mol. The van der Waals surface area contributed by atoms with Crippen LogP contribution in [0, 0.1) is 0 Å². The number of hydrogen-bond donors (Lipinski definition) is 1. The molecule has 1 rings (SSSR count). The molecule has 0 aliphatic rings. The smallest absolute Gasteiger partial charge is 0.336 e. The number of hydrogen-bond acceptors (Lipinski definition) is 2. The van der Waals surface area contributed by atoms with Crippen molar-refractivity contribution in [3.05, 3.63) is 41.5 Å². The van der Waals surface area contributed by atoms with Gasteiger partial charge in [0.05, 0.1) is 5.56 Å². The average molecular weight is 247 g/mol. The molecule has 0 fully saturated rings. The number of carboxylic acid groups (broad SMARTS) is 1. The van der Waals surface area contributed by atoms with Crippen LogP contribution in [0.4, 0.5) is 0 Å². The summed E-state index contributed by atoms with van der Waals surface area (Å²) in [6.07, 6.45) is 2.49. The molecule has 1 N–H and O–H groups in total. The standard InChI is InChI=1S/C10H7ClO3.ClH/c11-9(12)6-5-7-3-1-2-4-8(7)10(13)14;/h1-6H,(H,13,14);1H/b6-5+;. The van der Waals surface area contributed by atoms with Crippen LogP contribution in [0.3, 0.4) is 0 Å². The normalized spacial score (nSPS) is 9.67. The fourth-order valence-corrected chi connectivity index (χ4v) is 1.06. The number of benzene rings is 1. The van der Waals surface area contributed by atoms with Gasteiger partial charge in [-0.3, -0.25) is 4.79 Å². The minimum atomic E-state index is -1.03. The van der Waals surface area contributed by atoms with E-state index in [2.05, 4.69) is 0 Å². The van der Waals surface area contributed by atoms with Crippen molar-refractivity contribution in [1.29, 1.82) is 0 Å². The minimum absolute atomic E-state index is 0. The summed E-state index contributed by atoms with van der Waals surface area (Å²) in [5.74, 6) is -1.03. The predicted molar refractivity (Wildman–Crippen MR) is 60.5 cm³/mol. The number of allylic oxidation sites excluding steroid dienone is 1. The number of rotatable bonds is 3. The van der Waals surface area contributed by atoms with Crippen molar-refractivity contribution < 1.29 is 14.7 Å². The highest BCUT2D eigenvalue weighted by molar-refractivity contribution is 6.66. The highest BCUT2D eigenvalue weighted by Crippen LogP contribution is 2.10. The molecule has 0 aliphatic carbocycles. The molecule has 1 aromatic rings. The Balaban J connectivity index is 0.00000196. The number of carbonyl (C=O) groups is 2. The van der Waals surface area contributed by atoms with Crippen molar-refractivity contribution in [2.24, 2.45) is 0 Å². The van der Waals surface area contributed by atoms with Crippen molar-refractivity contribution in [3.8, 4) is 0 Å². The van der Waals surface area contributed by atoms with Crippen LogP contribution in [0.1, 0.15) is 15.9 Å². The molecule has 0 bridgehead atoms. The van der Waals surface area contributed by atoms with E-state index in [0.29, 0.717) is 5.56 Å². The zero-order valence-corrected chi connectivity index (χ0v) is 9.09. The number of carboxylic acids is 1. The third kappa shape index (κ3) is 4.14. The molecule has 0 spiro atoms. The van der Waals surface area contributed by atoms with Gasteiger partial charge in [0, 0.05) is 0 Å². The molecule has 0 aromatic heterocycles. The summed E-state index contributed by atoms with van der Waals surface area (Å²) < 4.78 is 0. The fourth-order valence-electron chi connectivity index (χ4n) is 0.992. The summed E-state index contributed by atoms with van der Waals surface area (Å²) in [6, 6.07) is 6.36. The van der Waals surface area contributed by atoms with E-state index in [1.54, 1.807) is 18.2 Å². The van der Waals surface area contributed by atoms with Crippen LogP contribution in [0.5, 0.6) is 0 Å². The second kappa shape index (κ2) is 6.22. The molecule has 0 aliphatic heterocycles. The molecule has 15 heavy (non-hydrogen) atoms. The molecule has 1 aromatic carbocycles. The molecule has 0 heterocycles. The maximum atomic E-state index is 10.7. The molecule has 3 nitrogen and oxygen atoms in total. The number of halogens is 2. The quantitative estimate of drug-likeness (QED) is 0.659. The van der Waals surface area contributed by atoms with Gasteiger partial charge in [-0.2, -0.15) is 0 Å². The van der Waals surface area contributed by atoms with E-state index in [0.717, 1.165) is 6.08 Å². The van der Waals surface area contributed by atoms with E-state index in [4.69, 9.17) is 16.7 Å². The Kier molecular flexibility index (Phi) is 5.67. The molecule has 5 heteroatoms. The van der Waals surface area contributed by atoms with Crippen LogP contribution >= 0.6 is 24.0 Å². The van der Waals surface area contributed by atoms with E-state index in [1.165, 1.54) is 12.1 Å². The molecule has 0 atom stereocenters. The van der Waals surface area contributed by atoms with Gasteiger partial charge in [0.25, 0.3) is 0 Å². The Morgan fingerprint density at radius 2 is 1.87 bits per heavy atom. The van der Waals surface area contributed by atoms with Crippen LogP contribution in [0.15, 0.2) is 30.3 Å². The first-order valence-electron chi connectivity index (χ1n) is 3.81. The van der Waals surface area contributed by atoms with E-state index < -0.39 is 11.2 Å². The Hall–Kier alpha value is -1.32. The van der Waals surface area contributed by atoms with E-state index in [9.17, 15) is 9.59 Å². The highest BCUT2D eigenvalue weighted by Gasteiger charge is 2.05. The topological polar surface area (TPSA) is 54.4 Å². The second-order valence-electron chi connectivity index (χ2n) is 2.53. The largest absolute Gasteiger partial charge is 0.478 e. The van der Waals surface area contributed by atoms with Gasteiger partial charge in [-0.1, -0.05) is 18.2 Å². The predicted octanol–water partition coefficient (Wildman–Crippen LogP) is 2.59. The molecule has 0 saturated heterocycles. The summed E-state index contributed by atoms with van der Waals surface area (Å²) in [6.45, 7) is 0. The third-order valence-corrected chi connectivity index (χ3v) is 1.71. The van der Waals surface area contributed by atoms with Gasteiger partial charge in [0.2, 0.25) is 5.24 Å². The van der Waals surface area contributed by atoms with E-state index in [-0.39, 0.29) is 18.0 Å². The highest BCUT2D eigenvalue weighted by atomic mass is 35.5. The van der Waals surface area contributed by atoms with Gasteiger partial charge in [-0.15, -0.1) is 12.4 Å². The molecule has 80 valence electrons. The van der Waals surface area contributed by atoms with Crippen molar-refractivity contribution in [1.82, 2.24) is 0 Å². The SMILES string of the molecule is Cl.O=C(Cl)/C=C/c1ccccc1C(=O)O. The van der Waals surface area contributed by atoms with Gasteiger partial charge < -0.3 is 5.11 Å². The second-order valence-corrected chi connectivity index (χ2v) is 2.90. The minimum Gasteiger partial charge on any atom is -0.478 e. The summed E-state index contributed by atoms with van der Waals surface area (Å²) in [7, 11) is 0. The Labute approximate surface area is 97.8 Å². The lowest BCUT2D eigenvalue weighted by Gasteiger charge is -1.98. The van der Waals surface area contributed by atoms with Gasteiger partial charge in [0.15, 0.2) is 0 Å². The Bertz CT molecular complexity index is 399. The average Bonchev–Trinajstić information content (AvgIpc) is 2.15. The Morgan fingerprint density at radius 3 is 2.40 bits per heavy atom. The van der Waals surface area contributed by atoms with Crippen LogP contribution in [-0.4, -0.2) is 16.3 Å². The molecule has 0 amide bonds. The van der Waals surface area contributed by atoms with Crippen molar-refractivity contribution in [2.75, 3.05) is 0 Å². The lowest BCUT2D eigenvalue weighted by molar-refractivity contribution is -0.107. The first kappa shape index (κ1) is 13.7. The number of carbonyl (C=O) groups excluding carboxylic acids is 1. The van der Waals surface area contributed by atoms with Crippen molar-refractivity contribution in [2.45, 2.75) is 0 Å². The summed E-state index contributed by atoms with van der Waals surface area (Å²) in [5.41, 5.74) is 0.593. The first-order valence-corrected chi connectivity index (χ1v) is 4.19. The fraction of sp³-hybridized carbons (Fsp3) is 0.